The second kappa shape index (κ2) is 5.77. The molecule has 2 N–H and O–H groups in total. The Labute approximate surface area is 127 Å². The number of phenolic OH excluding ortho intramolecular Hbond substituents is 1. The number of hydrogen-bond donors (Lipinski definition) is 2. The number of benzene rings is 2. The maximum atomic E-state index is 9.48. The summed E-state index contributed by atoms with van der Waals surface area (Å²) in [5.41, 5.74) is 1.44. The second-order valence-corrected chi connectivity index (χ2v) is 4.63. The molecule has 0 fully saturated rings. The maximum absolute atomic E-state index is 9.48. The highest BCUT2D eigenvalue weighted by molar-refractivity contribution is 5.83. The topological polar surface area (TPSA) is 76.5 Å². The van der Waals surface area contributed by atoms with Crippen LogP contribution in [-0.2, 0) is 0 Å². The van der Waals surface area contributed by atoms with E-state index in [1.165, 1.54) is 0 Å². The van der Waals surface area contributed by atoms with E-state index in [1.807, 2.05) is 12.1 Å². The van der Waals surface area contributed by atoms with Crippen LogP contribution in [0.3, 0.4) is 0 Å². The molecule has 0 aliphatic heterocycles. The third-order valence-corrected chi connectivity index (χ3v) is 3.19. The van der Waals surface area contributed by atoms with E-state index in [0.29, 0.717) is 23.1 Å². The largest absolute Gasteiger partial charge is 0.508 e. The van der Waals surface area contributed by atoms with E-state index < -0.39 is 0 Å². The van der Waals surface area contributed by atoms with Crippen molar-refractivity contribution >= 4 is 22.5 Å². The minimum Gasteiger partial charge on any atom is -0.508 e. The van der Waals surface area contributed by atoms with E-state index in [1.54, 1.807) is 44.7 Å². The Bertz CT molecular complexity index is 821. The SMILES string of the molecule is COc1cc2cnc(Nc3cccc(O)c3)nc2cc1OC. The highest BCUT2D eigenvalue weighted by Crippen LogP contribution is 2.31. The van der Waals surface area contributed by atoms with Gasteiger partial charge in [0.15, 0.2) is 11.5 Å². The highest BCUT2D eigenvalue weighted by atomic mass is 16.5. The number of ether oxygens (including phenoxy) is 2. The van der Waals surface area contributed by atoms with E-state index in [-0.39, 0.29) is 5.75 Å². The molecule has 3 aromatic rings. The van der Waals surface area contributed by atoms with Crippen LogP contribution in [0, 0.1) is 0 Å². The van der Waals surface area contributed by atoms with Crippen LogP contribution >= 0.6 is 0 Å². The summed E-state index contributed by atoms with van der Waals surface area (Å²) < 4.78 is 10.5. The molecule has 0 atom stereocenters. The van der Waals surface area contributed by atoms with Crippen molar-refractivity contribution in [3.63, 3.8) is 0 Å². The van der Waals surface area contributed by atoms with Crippen LogP contribution in [0.15, 0.2) is 42.6 Å². The van der Waals surface area contributed by atoms with Gasteiger partial charge in [-0.1, -0.05) is 6.07 Å². The van der Waals surface area contributed by atoms with Crippen molar-refractivity contribution in [3.8, 4) is 17.2 Å². The fraction of sp³-hybridized carbons (Fsp3) is 0.125. The van der Waals surface area contributed by atoms with Crippen LogP contribution in [0.2, 0.25) is 0 Å². The van der Waals surface area contributed by atoms with Crippen molar-refractivity contribution in [2.75, 3.05) is 19.5 Å². The van der Waals surface area contributed by atoms with Gasteiger partial charge < -0.3 is 19.9 Å². The summed E-state index contributed by atoms with van der Waals surface area (Å²) in [6.45, 7) is 0. The molecule has 1 aromatic heterocycles. The van der Waals surface area contributed by atoms with Gasteiger partial charge in [0.05, 0.1) is 19.7 Å². The van der Waals surface area contributed by atoms with Crippen molar-refractivity contribution in [2.45, 2.75) is 0 Å². The van der Waals surface area contributed by atoms with Crippen LogP contribution in [0.1, 0.15) is 0 Å². The van der Waals surface area contributed by atoms with E-state index in [9.17, 15) is 5.11 Å². The molecule has 0 aliphatic carbocycles. The summed E-state index contributed by atoms with van der Waals surface area (Å²) in [6, 6.07) is 10.4. The summed E-state index contributed by atoms with van der Waals surface area (Å²) in [6.07, 6.45) is 1.70. The standard InChI is InChI=1S/C16H15N3O3/c1-21-14-6-10-9-17-16(19-13(10)8-15(14)22-2)18-11-4-3-5-12(20)7-11/h3-9,20H,1-2H3,(H,17,18,19). The van der Waals surface area contributed by atoms with Gasteiger partial charge in [0.2, 0.25) is 5.95 Å². The van der Waals surface area contributed by atoms with Crippen molar-refractivity contribution in [3.05, 3.63) is 42.6 Å². The summed E-state index contributed by atoms with van der Waals surface area (Å²) in [7, 11) is 3.17. The lowest BCUT2D eigenvalue weighted by Gasteiger charge is -2.10. The predicted molar refractivity (Wildman–Crippen MR) is 84.0 cm³/mol. The van der Waals surface area contributed by atoms with Crippen LogP contribution in [0.4, 0.5) is 11.6 Å². The lowest BCUT2D eigenvalue weighted by atomic mass is 10.2. The lowest BCUT2D eigenvalue weighted by molar-refractivity contribution is 0.356. The van der Waals surface area contributed by atoms with E-state index in [0.717, 1.165) is 10.9 Å². The average Bonchev–Trinajstić information content (AvgIpc) is 2.53. The van der Waals surface area contributed by atoms with Gasteiger partial charge >= 0.3 is 0 Å². The van der Waals surface area contributed by atoms with Gasteiger partial charge in [0, 0.05) is 29.4 Å². The fourth-order valence-electron chi connectivity index (χ4n) is 2.13. The lowest BCUT2D eigenvalue weighted by Crippen LogP contribution is -1.98. The molecule has 0 amide bonds. The Hall–Kier alpha value is -3.02. The smallest absolute Gasteiger partial charge is 0.227 e. The minimum atomic E-state index is 0.178. The van der Waals surface area contributed by atoms with Crippen molar-refractivity contribution in [1.29, 1.82) is 0 Å². The number of rotatable bonds is 4. The van der Waals surface area contributed by atoms with Gasteiger partial charge in [0.1, 0.15) is 5.75 Å². The first-order valence-corrected chi connectivity index (χ1v) is 6.64. The molecule has 6 heteroatoms. The number of nitrogens with zero attached hydrogens (tertiary/aromatic N) is 2. The molecule has 2 aromatic carbocycles. The second-order valence-electron chi connectivity index (χ2n) is 4.63. The molecule has 112 valence electrons. The molecule has 0 saturated carbocycles. The molecule has 0 unspecified atom stereocenters. The molecule has 1 heterocycles. The Morgan fingerprint density at radius 3 is 2.55 bits per heavy atom. The van der Waals surface area contributed by atoms with Crippen molar-refractivity contribution < 1.29 is 14.6 Å². The molecule has 3 rings (SSSR count). The molecule has 0 saturated heterocycles. The third-order valence-electron chi connectivity index (χ3n) is 3.19. The van der Waals surface area contributed by atoms with Gasteiger partial charge in [-0.05, 0) is 18.2 Å². The zero-order chi connectivity index (χ0) is 15.5. The van der Waals surface area contributed by atoms with Gasteiger partial charge in [-0.3, -0.25) is 0 Å². The number of aromatic hydroxyl groups is 1. The molecular weight excluding hydrogens is 282 g/mol. The summed E-state index contributed by atoms with van der Waals surface area (Å²) >= 11 is 0. The zero-order valence-electron chi connectivity index (χ0n) is 12.2. The molecule has 0 aliphatic rings. The molecule has 0 radical (unpaired) electrons. The molecule has 0 spiro atoms. The van der Waals surface area contributed by atoms with E-state index in [4.69, 9.17) is 9.47 Å². The van der Waals surface area contributed by atoms with Gasteiger partial charge in [0.25, 0.3) is 0 Å². The Kier molecular flexibility index (Phi) is 3.65. The third kappa shape index (κ3) is 2.71. The Morgan fingerprint density at radius 2 is 1.82 bits per heavy atom. The van der Waals surface area contributed by atoms with Gasteiger partial charge in [-0.15, -0.1) is 0 Å². The minimum absolute atomic E-state index is 0.178. The fourth-order valence-corrected chi connectivity index (χ4v) is 2.13. The van der Waals surface area contributed by atoms with Crippen molar-refractivity contribution in [1.82, 2.24) is 9.97 Å². The highest BCUT2D eigenvalue weighted by Gasteiger charge is 2.08. The number of methoxy groups -OCH3 is 2. The number of nitrogens with one attached hydrogen (secondary N) is 1. The number of phenols is 1. The Morgan fingerprint density at radius 1 is 1.05 bits per heavy atom. The van der Waals surface area contributed by atoms with Gasteiger partial charge in [-0.25, -0.2) is 9.97 Å². The normalized spacial score (nSPS) is 10.5. The zero-order valence-corrected chi connectivity index (χ0v) is 12.2. The van der Waals surface area contributed by atoms with Crippen LogP contribution in [0.5, 0.6) is 17.2 Å². The van der Waals surface area contributed by atoms with E-state index in [2.05, 4.69) is 15.3 Å². The first-order valence-electron chi connectivity index (χ1n) is 6.64. The number of anilines is 2. The van der Waals surface area contributed by atoms with Crippen LogP contribution < -0.4 is 14.8 Å². The maximum Gasteiger partial charge on any atom is 0.227 e. The summed E-state index contributed by atoms with van der Waals surface area (Å²) in [5.74, 6) is 1.85. The summed E-state index contributed by atoms with van der Waals surface area (Å²) in [4.78, 5) is 8.71. The molecule has 6 nitrogen and oxygen atoms in total. The number of fused-ring (bicyclic) bond motifs is 1. The molecule has 22 heavy (non-hydrogen) atoms. The molecular formula is C16H15N3O3. The Balaban J connectivity index is 1.98. The first kappa shape index (κ1) is 13.9. The average molecular weight is 297 g/mol. The van der Waals surface area contributed by atoms with Gasteiger partial charge in [-0.2, -0.15) is 0 Å². The first-order chi connectivity index (χ1) is 10.7. The van der Waals surface area contributed by atoms with E-state index >= 15 is 0 Å². The van der Waals surface area contributed by atoms with Crippen molar-refractivity contribution in [2.24, 2.45) is 0 Å². The van der Waals surface area contributed by atoms with Crippen LogP contribution in [0.25, 0.3) is 10.9 Å². The molecule has 0 bridgehead atoms. The summed E-state index contributed by atoms with van der Waals surface area (Å²) in [5, 5.41) is 13.4. The predicted octanol–water partition coefficient (Wildman–Crippen LogP) is 3.10. The monoisotopic (exact) mass is 297 g/mol. The van der Waals surface area contributed by atoms with Crippen LogP contribution in [-0.4, -0.2) is 29.3 Å². The quantitative estimate of drug-likeness (QED) is 0.770. The number of hydrogen-bond acceptors (Lipinski definition) is 6. The number of aromatic nitrogens is 2.